The van der Waals surface area contributed by atoms with Crippen molar-refractivity contribution in [2.75, 3.05) is 25.1 Å². The number of para-hydroxylation sites is 1. The van der Waals surface area contributed by atoms with E-state index in [1.807, 2.05) is 0 Å². The van der Waals surface area contributed by atoms with Crippen LogP contribution in [0.15, 0.2) is 36.3 Å². The first-order valence-electron chi connectivity index (χ1n) is 6.53. The molecule has 0 aliphatic carbocycles. The second-order valence-electron chi connectivity index (χ2n) is 4.58. The molecule has 0 saturated carbocycles. The Hall–Kier alpha value is -1.70. The number of hydrogen-bond acceptors (Lipinski definition) is 4. The smallest absolute Gasteiger partial charge is 0.242 e. The van der Waals surface area contributed by atoms with Crippen molar-refractivity contribution in [3.05, 3.63) is 41.8 Å². The van der Waals surface area contributed by atoms with Gasteiger partial charge in [-0.05, 0) is 13.0 Å². The van der Waals surface area contributed by atoms with E-state index >= 15 is 0 Å². The summed E-state index contributed by atoms with van der Waals surface area (Å²) in [6.45, 7) is 5.13. The summed E-state index contributed by atoms with van der Waals surface area (Å²) < 4.78 is 31.1. The fraction of sp³-hybridized carbons (Fsp3) is 0.357. The zero-order valence-electron chi connectivity index (χ0n) is 12.0. The van der Waals surface area contributed by atoms with Crippen LogP contribution >= 0.6 is 0 Å². The molecular weight excluding hydrogens is 292 g/mol. The molecule has 1 heterocycles. The molecule has 0 spiro atoms. The number of fused-ring (bicyclic) bond motifs is 1. The summed E-state index contributed by atoms with van der Waals surface area (Å²) in [5, 5.41) is 0.834. The number of hydrogen-bond donors (Lipinski definition) is 0. The molecule has 6 nitrogen and oxygen atoms in total. The lowest BCUT2D eigenvalue weighted by Crippen LogP contribution is -2.40. The Balaban J connectivity index is 2.64. The van der Waals surface area contributed by atoms with Crippen molar-refractivity contribution < 1.29 is 17.9 Å². The maximum atomic E-state index is 12.2. The topological polar surface area (TPSA) is 66.9 Å². The average molecular weight is 310 g/mol. The van der Waals surface area contributed by atoms with Crippen molar-refractivity contribution in [2.45, 2.75) is 13.2 Å². The van der Waals surface area contributed by atoms with Gasteiger partial charge in [-0.15, -0.1) is 0 Å². The molecule has 1 amide bonds. The SMILES string of the molecule is C=CS(=O)(=O)N1CC(=O)N(C)c2ccccc2C1OCC. The molecule has 2 rings (SSSR count). The van der Waals surface area contributed by atoms with Gasteiger partial charge in [0.1, 0.15) is 0 Å². The van der Waals surface area contributed by atoms with E-state index in [0.29, 0.717) is 17.9 Å². The van der Waals surface area contributed by atoms with E-state index in [9.17, 15) is 13.2 Å². The Labute approximate surface area is 124 Å². The van der Waals surface area contributed by atoms with E-state index in [4.69, 9.17) is 4.74 Å². The van der Waals surface area contributed by atoms with Gasteiger partial charge in [-0.2, -0.15) is 4.31 Å². The normalized spacial score (nSPS) is 20.0. The monoisotopic (exact) mass is 310 g/mol. The minimum absolute atomic E-state index is 0.288. The highest BCUT2D eigenvalue weighted by molar-refractivity contribution is 7.92. The lowest BCUT2D eigenvalue weighted by Gasteiger charge is -2.27. The molecule has 1 atom stereocenters. The van der Waals surface area contributed by atoms with Crippen molar-refractivity contribution in [3.63, 3.8) is 0 Å². The molecule has 1 aromatic carbocycles. The van der Waals surface area contributed by atoms with E-state index in [1.54, 1.807) is 38.2 Å². The maximum absolute atomic E-state index is 12.2. The van der Waals surface area contributed by atoms with Crippen LogP contribution in [0.25, 0.3) is 0 Å². The van der Waals surface area contributed by atoms with Gasteiger partial charge in [0, 0.05) is 24.6 Å². The van der Waals surface area contributed by atoms with Gasteiger partial charge in [-0.1, -0.05) is 24.8 Å². The zero-order valence-corrected chi connectivity index (χ0v) is 12.8. The average Bonchev–Trinajstić information content (AvgIpc) is 2.59. The lowest BCUT2D eigenvalue weighted by molar-refractivity contribution is -0.120. The summed E-state index contributed by atoms with van der Waals surface area (Å²) in [5.74, 6) is -0.324. The Morgan fingerprint density at radius 2 is 2.10 bits per heavy atom. The summed E-state index contributed by atoms with van der Waals surface area (Å²) in [6.07, 6.45) is -0.844. The standard InChI is InChI=1S/C14H18N2O4S/c1-4-20-14-11-8-6-7-9-12(11)15(3)13(17)10-16(14)21(18,19)5-2/h5-9,14H,2,4,10H2,1,3H3. The van der Waals surface area contributed by atoms with Gasteiger partial charge in [0.2, 0.25) is 15.9 Å². The van der Waals surface area contributed by atoms with Crippen LogP contribution in [0.4, 0.5) is 5.69 Å². The van der Waals surface area contributed by atoms with Crippen LogP contribution in [0.5, 0.6) is 0 Å². The molecule has 1 aliphatic heterocycles. The summed E-state index contributed by atoms with van der Waals surface area (Å²) >= 11 is 0. The van der Waals surface area contributed by atoms with Crippen LogP contribution in [-0.4, -0.2) is 38.8 Å². The van der Waals surface area contributed by atoms with Crippen LogP contribution in [0.1, 0.15) is 18.7 Å². The number of rotatable bonds is 4. The van der Waals surface area contributed by atoms with Crippen LogP contribution in [-0.2, 0) is 19.6 Å². The molecule has 114 valence electrons. The van der Waals surface area contributed by atoms with Gasteiger partial charge in [0.15, 0.2) is 6.23 Å². The summed E-state index contributed by atoms with van der Waals surface area (Å²) in [6, 6.07) is 7.11. The van der Waals surface area contributed by atoms with Crippen LogP contribution in [0, 0.1) is 0 Å². The number of anilines is 1. The highest BCUT2D eigenvalue weighted by Crippen LogP contribution is 2.35. The van der Waals surface area contributed by atoms with Gasteiger partial charge < -0.3 is 9.64 Å². The molecule has 21 heavy (non-hydrogen) atoms. The molecule has 0 saturated heterocycles. The first kappa shape index (κ1) is 15.7. The first-order valence-corrected chi connectivity index (χ1v) is 8.04. The predicted molar refractivity (Wildman–Crippen MR) is 80.0 cm³/mol. The van der Waals surface area contributed by atoms with Gasteiger partial charge >= 0.3 is 0 Å². The Morgan fingerprint density at radius 1 is 1.43 bits per heavy atom. The van der Waals surface area contributed by atoms with Gasteiger partial charge in [0.05, 0.1) is 12.2 Å². The number of sulfonamides is 1. The second-order valence-corrected chi connectivity index (χ2v) is 6.41. The number of likely N-dealkylation sites (N-methyl/N-ethyl adjacent to an activating group) is 1. The minimum Gasteiger partial charge on any atom is -0.358 e. The highest BCUT2D eigenvalue weighted by atomic mass is 32.2. The third-order valence-corrected chi connectivity index (χ3v) is 4.75. The van der Waals surface area contributed by atoms with Gasteiger partial charge in [-0.25, -0.2) is 8.42 Å². The number of amides is 1. The van der Waals surface area contributed by atoms with Gasteiger partial charge in [0.25, 0.3) is 0 Å². The summed E-state index contributed by atoms with van der Waals surface area (Å²) in [4.78, 5) is 13.7. The molecule has 0 bridgehead atoms. The third kappa shape index (κ3) is 2.85. The molecule has 0 aromatic heterocycles. The van der Waals surface area contributed by atoms with E-state index < -0.39 is 16.3 Å². The number of nitrogens with zero attached hydrogens (tertiary/aromatic N) is 2. The van der Waals surface area contributed by atoms with Crippen molar-refractivity contribution in [1.29, 1.82) is 0 Å². The molecule has 0 fully saturated rings. The van der Waals surface area contributed by atoms with E-state index in [1.165, 1.54) is 4.90 Å². The molecule has 1 aliphatic rings. The van der Waals surface area contributed by atoms with Crippen molar-refractivity contribution >= 4 is 21.6 Å². The number of carbonyl (C=O) groups excluding carboxylic acids is 1. The summed E-state index contributed by atoms with van der Waals surface area (Å²) in [7, 11) is -2.17. The fourth-order valence-corrected chi connectivity index (χ4v) is 3.19. The number of ether oxygens (including phenoxy) is 1. The Morgan fingerprint density at radius 3 is 2.71 bits per heavy atom. The van der Waals surface area contributed by atoms with Crippen LogP contribution in [0.2, 0.25) is 0 Å². The van der Waals surface area contributed by atoms with E-state index in [0.717, 1.165) is 9.71 Å². The predicted octanol–water partition coefficient (Wildman–Crippen LogP) is 1.47. The fourth-order valence-electron chi connectivity index (χ4n) is 2.26. The largest absolute Gasteiger partial charge is 0.358 e. The Bertz CT molecular complexity index is 657. The van der Waals surface area contributed by atoms with E-state index in [-0.39, 0.29) is 12.5 Å². The first-order chi connectivity index (χ1) is 9.92. The third-order valence-electron chi connectivity index (χ3n) is 3.35. The highest BCUT2D eigenvalue weighted by Gasteiger charge is 2.37. The van der Waals surface area contributed by atoms with Gasteiger partial charge in [-0.3, -0.25) is 4.79 Å². The number of carbonyl (C=O) groups is 1. The molecular formula is C14H18N2O4S. The molecule has 7 heteroatoms. The molecule has 1 unspecified atom stereocenters. The maximum Gasteiger partial charge on any atom is 0.242 e. The summed E-state index contributed by atoms with van der Waals surface area (Å²) in [5.41, 5.74) is 1.28. The number of benzene rings is 1. The van der Waals surface area contributed by atoms with E-state index in [2.05, 4.69) is 6.58 Å². The van der Waals surface area contributed by atoms with Crippen molar-refractivity contribution in [2.24, 2.45) is 0 Å². The van der Waals surface area contributed by atoms with Crippen molar-refractivity contribution in [3.8, 4) is 0 Å². The van der Waals surface area contributed by atoms with Crippen LogP contribution in [0.3, 0.4) is 0 Å². The van der Waals surface area contributed by atoms with Crippen LogP contribution < -0.4 is 4.90 Å². The zero-order chi connectivity index (χ0) is 15.6. The molecule has 0 radical (unpaired) electrons. The molecule has 1 aromatic rings. The second kappa shape index (κ2) is 5.97. The lowest BCUT2D eigenvalue weighted by atomic mass is 10.1. The molecule has 0 N–H and O–H groups in total. The Kier molecular flexibility index (Phi) is 4.46. The minimum atomic E-state index is -3.79. The van der Waals surface area contributed by atoms with Crippen molar-refractivity contribution in [1.82, 2.24) is 4.31 Å². The quantitative estimate of drug-likeness (QED) is 0.844.